The van der Waals surface area contributed by atoms with Crippen LogP contribution in [0.3, 0.4) is 0 Å². The second-order valence-corrected chi connectivity index (χ2v) is 2.23. The van der Waals surface area contributed by atoms with Gasteiger partial charge in [-0.05, 0) is 12.1 Å². The summed E-state index contributed by atoms with van der Waals surface area (Å²) in [6.07, 6.45) is 2.82. The zero-order valence-corrected chi connectivity index (χ0v) is 10.1. The van der Waals surface area contributed by atoms with E-state index in [1.807, 2.05) is 0 Å². The summed E-state index contributed by atoms with van der Waals surface area (Å²) in [6, 6.07) is 3.31. The molecular weight excluding hydrogens is 197 g/mol. The maximum atomic E-state index is 10.5. The minimum absolute atomic E-state index is 0. The zero-order chi connectivity index (χ0) is 8.55. The van der Waals surface area contributed by atoms with Gasteiger partial charge in [0.2, 0.25) is 0 Å². The van der Waals surface area contributed by atoms with Gasteiger partial charge >= 0.3 is 51.4 Å². The number of hydrogen-bond donors (Lipinski definition) is 0. The van der Waals surface area contributed by atoms with Gasteiger partial charge in [-0.25, -0.2) is 9.50 Å². The first-order valence-electron chi connectivity index (χ1n) is 3.29. The Hall–Kier alpha value is -0.274. The molecule has 60 valence electrons. The van der Waals surface area contributed by atoms with Gasteiger partial charge in [0.05, 0.1) is 11.5 Å². The number of hydrogen-bond acceptors (Lipinski definition) is 4. The topological polar surface area (TPSA) is 70.3 Å². The van der Waals surface area contributed by atoms with Gasteiger partial charge in [-0.15, -0.1) is 0 Å². The molecule has 6 heteroatoms. The molecule has 5 nitrogen and oxygen atoms in total. The van der Waals surface area contributed by atoms with E-state index in [1.54, 1.807) is 18.3 Å². The number of aromatic carboxylic acids is 1. The van der Waals surface area contributed by atoms with Crippen molar-refractivity contribution < 1.29 is 61.3 Å². The van der Waals surface area contributed by atoms with Gasteiger partial charge in [-0.3, -0.25) is 0 Å². The Morgan fingerprint density at radius 3 is 3.00 bits per heavy atom. The second-order valence-electron chi connectivity index (χ2n) is 2.23. The molecule has 13 heavy (non-hydrogen) atoms. The normalized spacial score (nSPS) is 9.54. The van der Waals surface area contributed by atoms with Gasteiger partial charge in [0, 0.05) is 6.20 Å². The summed E-state index contributed by atoms with van der Waals surface area (Å²) < 4.78 is 1.43. The molecule has 0 spiro atoms. The number of carboxylic acids is 1. The van der Waals surface area contributed by atoms with Gasteiger partial charge in [0.1, 0.15) is 12.0 Å². The molecule has 0 saturated heterocycles. The third kappa shape index (κ3) is 1.97. The average Bonchev–Trinajstić information content (AvgIpc) is 2.49. The molecule has 0 amide bonds. The van der Waals surface area contributed by atoms with Crippen molar-refractivity contribution in [2.24, 2.45) is 0 Å². The molecule has 2 heterocycles. The van der Waals surface area contributed by atoms with Crippen molar-refractivity contribution in [3.63, 3.8) is 0 Å². The molecular formula is C7H4KN3O2. The summed E-state index contributed by atoms with van der Waals surface area (Å²) in [5.41, 5.74) is 0.354. The van der Waals surface area contributed by atoms with E-state index >= 15 is 0 Å². The van der Waals surface area contributed by atoms with Crippen molar-refractivity contribution in [1.82, 2.24) is 14.6 Å². The van der Waals surface area contributed by atoms with Crippen LogP contribution in [0.4, 0.5) is 0 Å². The first kappa shape index (κ1) is 10.8. The van der Waals surface area contributed by atoms with E-state index in [0.717, 1.165) is 0 Å². The molecule has 0 unspecified atom stereocenters. The molecule has 0 fully saturated rings. The molecule has 0 bridgehead atoms. The maximum Gasteiger partial charge on any atom is 1.00 e. The van der Waals surface area contributed by atoms with Crippen LogP contribution in [0.1, 0.15) is 10.5 Å². The number of fused-ring (bicyclic) bond motifs is 1. The Morgan fingerprint density at radius 2 is 2.31 bits per heavy atom. The Morgan fingerprint density at radius 1 is 1.54 bits per heavy atom. The quantitative estimate of drug-likeness (QED) is 0.442. The van der Waals surface area contributed by atoms with Crippen molar-refractivity contribution in [3.05, 3.63) is 30.4 Å². The van der Waals surface area contributed by atoms with Crippen LogP contribution in [0.15, 0.2) is 24.7 Å². The van der Waals surface area contributed by atoms with E-state index in [9.17, 15) is 9.90 Å². The minimum Gasteiger partial charge on any atom is -0.543 e. The van der Waals surface area contributed by atoms with E-state index in [2.05, 4.69) is 10.1 Å². The molecule has 2 aromatic heterocycles. The maximum absolute atomic E-state index is 10.5. The van der Waals surface area contributed by atoms with Crippen LogP contribution in [0, 0.1) is 0 Å². The summed E-state index contributed by atoms with van der Waals surface area (Å²) in [7, 11) is 0. The first-order chi connectivity index (χ1) is 5.79. The van der Waals surface area contributed by atoms with Gasteiger partial charge in [0.15, 0.2) is 0 Å². The molecule has 0 radical (unpaired) electrons. The van der Waals surface area contributed by atoms with Gasteiger partial charge in [-0.2, -0.15) is 5.10 Å². The van der Waals surface area contributed by atoms with Crippen molar-refractivity contribution in [3.8, 4) is 0 Å². The average molecular weight is 201 g/mol. The van der Waals surface area contributed by atoms with Crippen molar-refractivity contribution in [2.45, 2.75) is 0 Å². The van der Waals surface area contributed by atoms with Crippen molar-refractivity contribution in [2.75, 3.05) is 0 Å². The van der Waals surface area contributed by atoms with Crippen LogP contribution in [0.5, 0.6) is 0 Å². The molecule has 0 aliphatic carbocycles. The summed E-state index contributed by atoms with van der Waals surface area (Å²) in [5.74, 6) is -1.29. The zero-order valence-electron chi connectivity index (χ0n) is 6.97. The summed E-state index contributed by atoms with van der Waals surface area (Å²) in [6.45, 7) is 0. The monoisotopic (exact) mass is 201 g/mol. The number of aromatic nitrogens is 3. The van der Waals surface area contributed by atoms with Crippen molar-refractivity contribution >= 4 is 11.5 Å². The predicted octanol–water partition coefficient (Wildman–Crippen LogP) is -3.90. The molecule has 2 aromatic rings. The number of carbonyl (C=O) groups is 1. The van der Waals surface area contributed by atoms with Gasteiger partial charge in [0.25, 0.3) is 0 Å². The van der Waals surface area contributed by atoms with Crippen LogP contribution < -0.4 is 56.5 Å². The number of rotatable bonds is 1. The van der Waals surface area contributed by atoms with Crippen LogP contribution in [-0.4, -0.2) is 20.6 Å². The number of nitrogens with zero attached hydrogens (tertiary/aromatic N) is 3. The standard InChI is InChI=1S/C7H5N3O2.K/c11-7(12)6-5-2-1-3-10(5)9-4-8-6;/h1-4H,(H,11,12);/q;+1/p-1. The Balaban J connectivity index is 0.000000845. The molecule has 0 aromatic carbocycles. The first-order valence-corrected chi connectivity index (χ1v) is 3.29. The van der Waals surface area contributed by atoms with E-state index in [-0.39, 0.29) is 57.1 Å². The third-order valence-corrected chi connectivity index (χ3v) is 1.53. The second kappa shape index (κ2) is 4.29. The van der Waals surface area contributed by atoms with Crippen molar-refractivity contribution in [1.29, 1.82) is 0 Å². The SMILES string of the molecule is O=C([O-])c1ncnn2cccc12.[K+]. The summed E-state index contributed by atoms with van der Waals surface area (Å²) in [4.78, 5) is 14.1. The molecule has 0 N–H and O–H groups in total. The van der Waals surface area contributed by atoms with E-state index < -0.39 is 5.97 Å². The predicted molar refractivity (Wildman–Crippen MR) is 37.3 cm³/mol. The summed E-state index contributed by atoms with van der Waals surface area (Å²) in [5, 5.41) is 14.3. The number of carbonyl (C=O) groups excluding carboxylic acids is 1. The van der Waals surface area contributed by atoms with Crippen LogP contribution in [-0.2, 0) is 0 Å². The van der Waals surface area contributed by atoms with Crippen LogP contribution in [0.2, 0.25) is 0 Å². The summed E-state index contributed by atoms with van der Waals surface area (Å²) >= 11 is 0. The van der Waals surface area contributed by atoms with E-state index in [4.69, 9.17) is 0 Å². The third-order valence-electron chi connectivity index (χ3n) is 1.53. The fraction of sp³-hybridized carbons (Fsp3) is 0. The van der Waals surface area contributed by atoms with Gasteiger partial charge in [-0.1, -0.05) is 0 Å². The van der Waals surface area contributed by atoms with Gasteiger partial charge < -0.3 is 9.90 Å². The molecule has 0 aliphatic rings. The fourth-order valence-electron chi connectivity index (χ4n) is 1.02. The molecule has 0 saturated carbocycles. The number of carboxylic acid groups (broad SMARTS) is 1. The fourth-order valence-corrected chi connectivity index (χ4v) is 1.02. The Kier molecular flexibility index (Phi) is 3.57. The molecule has 2 rings (SSSR count). The van der Waals surface area contributed by atoms with Crippen LogP contribution in [0.25, 0.3) is 5.52 Å². The molecule has 0 atom stereocenters. The van der Waals surface area contributed by atoms with E-state index in [0.29, 0.717) is 5.52 Å². The molecule has 0 aliphatic heterocycles. The minimum atomic E-state index is -1.29. The largest absolute Gasteiger partial charge is 1.00 e. The smallest absolute Gasteiger partial charge is 0.543 e. The Labute approximate surface area is 116 Å². The Bertz CT molecular complexity index is 440. The van der Waals surface area contributed by atoms with E-state index in [1.165, 1.54) is 10.8 Å². The van der Waals surface area contributed by atoms with Crippen LogP contribution >= 0.6 is 0 Å².